The van der Waals surface area contributed by atoms with E-state index in [2.05, 4.69) is 0 Å². The lowest BCUT2D eigenvalue weighted by Gasteiger charge is -2.26. The molecule has 1 unspecified atom stereocenters. The van der Waals surface area contributed by atoms with Crippen molar-refractivity contribution >= 4 is 12.1 Å². The molecule has 154 valence electrons. The minimum Gasteiger partial charge on any atom is -0.444 e. The molecule has 1 fully saturated rings. The van der Waals surface area contributed by atoms with Crippen molar-refractivity contribution in [3.63, 3.8) is 0 Å². The van der Waals surface area contributed by atoms with Gasteiger partial charge in [-0.3, -0.25) is 4.90 Å². The predicted molar refractivity (Wildman–Crippen MR) is 103 cm³/mol. The van der Waals surface area contributed by atoms with Crippen molar-refractivity contribution in [1.29, 1.82) is 0 Å². The number of nitrogens with zero attached hydrogens (tertiary/aromatic N) is 1. The molecule has 0 saturated carbocycles. The molecular formula is C21H24N2O6. The Kier molecular flexibility index (Phi) is 6.82. The third kappa shape index (κ3) is 4.92. The molecule has 1 aliphatic rings. The Bertz CT molecular complexity index is 816. The molecule has 0 bridgehead atoms. The molecule has 8 heteroatoms. The van der Waals surface area contributed by atoms with Crippen molar-refractivity contribution < 1.29 is 29.3 Å². The van der Waals surface area contributed by atoms with E-state index in [0.717, 1.165) is 5.56 Å². The van der Waals surface area contributed by atoms with E-state index in [1.54, 1.807) is 30.3 Å². The Morgan fingerprint density at radius 1 is 1.10 bits per heavy atom. The molecule has 0 spiro atoms. The highest BCUT2D eigenvalue weighted by Crippen LogP contribution is 2.26. The number of hydrogen-bond donors (Lipinski definition) is 3. The number of benzene rings is 2. The first-order chi connectivity index (χ1) is 14.0. The second kappa shape index (κ2) is 9.51. The molecular weight excluding hydrogens is 376 g/mol. The number of aliphatic hydroxyl groups excluding tert-OH is 2. The number of aliphatic hydroxyl groups is 2. The fraction of sp³-hybridized carbons (Fsp3) is 0.333. The third-order valence-electron chi connectivity index (χ3n) is 4.86. The SMILES string of the molecule is N[C@H]1C(OC(=O)[C@H](O)c2ccccc2)N(C(=O)OCc2ccccc2)C[C@H]1CO. The minimum atomic E-state index is -1.52. The van der Waals surface area contributed by atoms with Crippen molar-refractivity contribution in [3.8, 4) is 0 Å². The van der Waals surface area contributed by atoms with Crippen LogP contribution in [-0.2, 0) is 20.9 Å². The molecule has 2 aromatic rings. The number of hydrogen-bond acceptors (Lipinski definition) is 7. The van der Waals surface area contributed by atoms with Gasteiger partial charge in [-0.15, -0.1) is 0 Å². The smallest absolute Gasteiger partial charge is 0.413 e. The maximum absolute atomic E-state index is 12.6. The van der Waals surface area contributed by atoms with Crippen LogP contribution in [0.25, 0.3) is 0 Å². The van der Waals surface area contributed by atoms with Crippen LogP contribution < -0.4 is 5.73 Å². The number of esters is 1. The molecule has 1 amide bonds. The Balaban J connectivity index is 1.68. The summed E-state index contributed by atoms with van der Waals surface area (Å²) >= 11 is 0. The van der Waals surface area contributed by atoms with Crippen LogP contribution in [0, 0.1) is 5.92 Å². The second-order valence-corrected chi connectivity index (χ2v) is 6.85. The average molecular weight is 400 g/mol. The first kappa shape index (κ1) is 20.8. The van der Waals surface area contributed by atoms with Gasteiger partial charge in [0, 0.05) is 19.1 Å². The molecule has 0 aliphatic carbocycles. The van der Waals surface area contributed by atoms with Gasteiger partial charge >= 0.3 is 12.1 Å². The van der Waals surface area contributed by atoms with Gasteiger partial charge in [0.1, 0.15) is 6.61 Å². The van der Waals surface area contributed by atoms with E-state index in [9.17, 15) is 19.8 Å². The summed E-state index contributed by atoms with van der Waals surface area (Å²) in [6, 6.07) is 16.6. The lowest BCUT2D eigenvalue weighted by atomic mass is 10.1. The normalized spacial score (nSPS) is 22.2. The zero-order valence-electron chi connectivity index (χ0n) is 15.8. The summed E-state index contributed by atoms with van der Waals surface area (Å²) in [6.07, 6.45) is -3.38. The fourth-order valence-electron chi connectivity index (χ4n) is 3.18. The molecule has 4 atom stereocenters. The lowest BCUT2D eigenvalue weighted by Crippen LogP contribution is -2.47. The molecule has 1 heterocycles. The summed E-state index contributed by atoms with van der Waals surface area (Å²) in [5, 5.41) is 19.8. The molecule has 1 aliphatic heterocycles. The minimum absolute atomic E-state index is 0.0442. The van der Waals surface area contributed by atoms with Crippen LogP contribution in [0.3, 0.4) is 0 Å². The average Bonchev–Trinajstić information content (AvgIpc) is 3.08. The standard InChI is InChI=1S/C21H24N2O6/c22-17-16(12-24)11-23(21(27)28-13-14-7-3-1-4-8-14)19(17)29-20(26)18(25)15-9-5-2-6-10-15/h1-10,16-19,24-25H,11-13,22H2/t16-,17+,18+,19?/m0/s1. The van der Waals surface area contributed by atoms with Gasteiger partial charge in [0.05, 0.1) is 6.04 Å². The van der Waals surface area contributed by atoms with Crippen LogP contribution in [0.1, 0.15) is 17.2 Å². The number of carbonyl (C=O) groups is 2. The molecule has 1 saturated heterocycles. The van der Waals surface area contributed by atoms with Crippen LogP contribution >= 0.6 is 0 Å². The summed E-state index contributed by atoms with van der Waals surface area (Å²) in [5.74, 6) is -1.41. The highest BCUT2D eigenvalue weighted by Gasteiger charge is 2.45. The van der Waals surface area contributed by atoms with Gasteiger partial charge in [0.15, 0.2) is 12.3 Å². The van der Waals surface area contributed by atoms with Crippen molar-refractivity contribution in [1.82, 2.24) is 4.90 Å². The number of amides is 1. The van der Waals surface area contributed by atoms with Crippen molar-refractivity contribution in [2.45, 2.75) is 25.0 Å². The Morgan fingerprint density at radius 3 is 2.34 bits per heavy atom. The predicted octanol–water partition coefficient (Wildman–Crippen LogP) is 1.18. The topological polar surface area (TPSA) is 122 Å². The molecule has 0 aromatic heterocycles. The number of ether oxygens (including phenoxy) is 2. The van der Waals surface area contributed by atoms with Crippen LogP contribution in [0.5, 0.6) is 0 Å². The van der Waals surface area contributed by atoms with Crippen LogP contribution in [0.4, 0.5) is 4.79 Å². The first-order valence-corrected chi connectivity index (χ1v) is 9.28. The van der Waals surface area contributed by atoms with Gasteiger partial charge in [-0.2, -0.15) is 0 Å². The summed E-state index contributed by atoms with van der Waals surface area (Å²) in [4.78, 5) is 26.2. The summed E-state index contributed by atoms with van der Waals surface area (Å²) in [7, 11) is 0. The number of nitrogens with two attached hydrogens (primary N) is 1. The van der Waals surface area contributed by atoms with Crippen LogP contribution in [0.2, 0.25) is 0 Å². The fourth-order valence-corrected chi connectivity index (χ4v) is 3.18. The second-order valence-electron chi connectivity index (χ2n) is 6.85. The number of carbonyl (C=O) groups excluding carboxylic acids is 2. The van der Waals surface area contributed by atoms with E-state index in [0.29, 0.717) is 5.56 Å². The van der Waals surface area contributed by atoms with Gasteiger partial charge in [0.2, 0.25) is 0 Å². The summed E-state index contributed by atoms with van der Waals surface area (Å²) in [5.41, 5.74) is 7.25. The molecule has 29 heavy (non-hydrogen) atoms. The van der Waals surface area contributed by atoms with Crippen LogP contribution in [-0.4, -0.2) is 52.6 Å². The molecule has 8 nitrogen and oxygen atoms in total. The zero-order chi connectivity index (χ0) is 20.8. The zero-order valence-corrected chi connectivity index (χ0v) is 15.8. The Hall–Kier alpha value is -2.94. The van der Waals surface area contributed by atoms with E-state index in [-0.39, 0.29) is 19.8 Å². The number of likely N-dealkylation sites (tertiary alicyclic amines) is 1. The maximum atomic E-state index is 12.6. The lowest BCUT2D eigenvalue weighted by molar-refractivity contribution is -0.166. The van der Waals surface area contributed by atoms with Gasteiger partial charge in [-0.1, -0.05) is 60.7 Å². The summed E-state index contributed by atoms with van der Waals surface area (Å²) in [6.45, 7) is -0.161. The van der Waals surface area contributed by atoms with Crippen molar-refractivity contribution in [3.05, 3.63) is 71.8 Å². The van der Waals surface area contributed by atoms with Crippen molar-refractivity contribution in [2.24, 2.45) is 11.7 Å². The van der Waals surface area contributed by atoms with E-state index in [1.165, 1.54) is 4.90 Å². The molecule has 4 N–H and O–H groups in total. The first-order valence-electron chi connectivity index (χ1n) is 9.28. The number of rotatable bonds is 6. The monoisotopic (exact) mass is 400 g/mol. The largest absolute Gasteiger partial charge is 0.444 e. The molecule has 2 aromatic carbocycles. The van der Waals surface area contributed by atoms with E-state index in [4.69, 9.17) is 15.2 Å². The highest BCUT2D eigenvalue weighted by atomic mass is 16.6. The molecule has 0 radical (unpaired) electrons. The van der Waals surface area contributed by atoms with Gasteiger partial charge < -0.3 is 25.4 Å². The van der Waals surface area contributed by atoms with Gasteiger partial charge in [0.25, 0.3) is 0 Å². The van der Waals surface area contributed by atoms with E-state index < -0.39 is 36.4 Å². The Labute approximate surface area is 168 Å². The van der Waals surface area contributed by atoms with Gasteiger partial charge in [-0.05, 0) is 11.1 Å². The van der Waals surface area contributed by atoms with Gasteiger partial charge in [-0.25, -0.2) is 9.59 Å². The Morgan fingerprint density at radius 2 is 1.72 bits per heavy atom. The highest BCUT2D eigenvalue weighted by molar-refractivity contribution is 5.77. The summed E-state index contributed by atoms with van der Waals surface area (Å²) < 4.78 is 10.7. The van der Waals surface area contributed by atoms with Crippen molar-refractivity contribution in [2.75, 3.05) is 13.2 Å². The third-order valence-corrected chi connectivity index (χ3v) is 4.86. The quantitative estimate of drug-likeness (QED) is 0.622. The van der Waals surface area contributed by atoms with E-state index >= 15 is 0 Å². The van der Waals surface area contributed by atoms with E-state index in [1.807, 2.05) is 30.3 Å². The van der Waals surface area contributed by atoms with Crippen LogP contribution in [0.15, 0.2) is 60.7 Å². The molecule has 3 rings (SSSR count). The maximum Gasteiger partial charge on any atom is 0.413 e.